The fourth-order valence-electron chi connectivity index (χ4n) is 1.00. The molecular formula is C8H16N2O3S2. The number of carbonyl (C=O) groups excluding carboxylic acids is 1. The second-order valence-corrected chi connectivity index (χ2v) is 6.26. The van der Waals surface area contributed by atoms with Crippen LogP contribution in [0.25, 0.3) is 0 Å². The minimum atomic E-state index is -3.29. The van der Waals surface area contributed by atoms with E-state index in [0.29, 0.717) is 11.4 Å². The van der Waals surface area contributed by atoms with Crippen molar-refractivity contribution in [1.82, 2.24) is 4.90 Å². The molecule has 0 aromatic carbocycles. The van der Waals surface area contributed by atoms with Gasteiger partial charge in [-0.15, -0.1) is 0 Å². The second-order valence-electron chi connectivity index (χ2n) is 3.59. The number of sulfone groups is 1. The van der Waals surface area contributed by atoms with Gasteiger partial charge >= 0.3 is 0 Å². The Morgan fingerprint density at radius 3 is 2.33 bits per heavy atom. The van der Waals surface area contributed by atoms with Crippen LogP contribution in [0.2, 0.25) is 0 Å². The monoisotopic (exact) mass is 252 g/mol. The minimum absolute atomic E-state index is 0.184. The topological polar surface area (TPSA) is 80.5 Å². The number of carbonyl (C=O) groups is 1. The number of nitrogens with two attached hydrogens (primary N) is 1. The number of thiocarbonyl (C=S) groups is 1. The zero-order valence-electron chi connectivity index (χ0n) is 9.06. The van der Waals surface area contributed by atoms with Crippen molar-refractivity contribution in [3.05, 3.63) is 0 Å². The Morgan fingerprint density at radius 1 is 1.53 bits per heavy atom. The van der Waals surface area contributed by atoms with Crippen molar-refractivity contribution < 1.29 is 13.2 Å². The van der Waals surface area contributed by atoms with Gasteiger partial charge in [0.25, 0.3) is 0 Å². The van der Waals surface area contributed by atoms with Gasteiger partial charge < -0.3 is 10.6 Å². The van der Waals surface area contributed by atoms with E-state index in [2.05, 4.69) is 0 Å². The van der Waals surface area contributed by atoms with Crippen LogP contribution in [0.4, 0.5) is 0 Å². The summed E-state index contributed by atoms with van der Waals surface area (Å²) in [4.78, 5) is 13.1. The lowest BCUT2D eigenvalue weighted by Crippen LogP contribution is -2.40. The fraction of sp³-hybridized carbons (Fsp3) is 0.750. The maximum absolute atomic E-state index is 11.4. The summed E-state index contributed by atoms with van der Waals surface area (Å²) < 4.78 is 21.8. The Balaban J connectivity index is 4.38. The van der Waals surface area contributed by atoms with Crippen molar-refractivity contribution in [2.24, 2.45) is 5.73 Å². The van der Waals surface area contributed by atoms with Gasteiger partial charge in [0.1, 0.15) is 5.75 Å². The van der Waals surface area contributed by atoms with Gasteiger partial charge in [-0.25, -0.2) is 8.42 Å². The Bertz CT molecular complexity index is 351. The van der Waals surface area contributed by atoms with Crippen LogP contribution in [-0.2, 0) is 14.6 Å². The van der Waals surface area contributed by atoms with Crippen molar-refractivity contribution in [2.45, 2.75) is 19.4 Å². The SMILES string of the molecule is CC(CC(N)=S)N(C)C(=O)CS(C)(=O)=O. The number of hydrogen-bond acceptors (Lipinski definition) is 4. The Morgan fingerprint density at radius 2 is 2.00 bits per heavy atom. The molecular weight excluding hydrogens is 236 g/mol. The van der Waals surface area contributed by atoms with E-state index < -0.39 is 21.5 Å². The summed E-state index contributed by atoms with van der Waals surface area (Å²) in [5, 5.41) is 0. The summed E-state index contributed by atoms with van der Waals surface area (Å²) in [7, 11) is -1.75. The van der Waals surface area contributed by atoms with Crippen molar-refractivity contribution in [3.63, 3.8) is 0 Å². The molecule has 1 atom stereocenters. The molecule has 7 heteroatoms. The van der Waals surface area contributed by atoms with E-state index in [-0.39, 0.29) is 6.04 Å². The van der Waals surface area contributed by atoms with Gasteiger partial charge in [0.2, 0.25) is 5.91 Å². The molecule has 0 saturated carbocycles. The van der Waals surface area contributed by atoms with Crippen molar-refractivity contribution >= 4 is 33.0 Å². The lowest BCUT2D eigenvalue weighted by atomic mass is 10.2. The highest BCUT2D eigenvalue weighted by Crippen LogP contribution is 2.02. The predicted molar refractivity (Wildman–Crippen MR) is 63.3 cm³/mol. The molecule has 0 aromatic heterocycles. The van der Waals surface area contributed by atoms with E-state index in [4.69, 9.17) is 18.0 Å². The summed E-state index contributed by atoms with van der Waals surface area (Å²) in [5.41, 5.74) is 5.33. The number of nitrogens with zero attached hydrogens (tertiary/aromatic N) is 1. The molecule has 0 aromatic rings. The van der Waals surface area contributed by atoms with Crippen LogP contribution in [-0.4, -0.2) is 49.3 Å². The summed E-state index contributed by atoms with van der Waals surface area (Å²) in [6.45, 7) is 1.76. The first-order chi connectivity index (χ1) is 6.63. The fourth-order valence-corrected chi connectivity index (χ4v) is 1.89. The van der Waals surface area contributed by atoms with Gasteiger partial charge in [-0.05, 0) is 6.92 Å². The van der Waals surface area contributed by atoms with Gasteiger partial charge in [0, 0.05) is 25.8 Å². The van der Waals surface area contributed by atoms with Gasteiger partial charge in [0.05, 0.1) is 4.99 Å². The largest absolute Gasteiger partial charge is 0.393 e. The molecule has 0 aliphatic heterocycles. The van der Waals surface area contributed by atoms with Gasteiger partial charge in [0.15, 0.2) is 9.84 Å². The molecule has 88 valence electrons. The predicted octanol–water partition coefficient (Wildman–Crippen LogP) is -0.446. The Kier molecular flexibility index (Phi) is 5.16. The normalized spacial score (nSPS) is 13.3. The molecule has 1 amide bonds. The molecule has 2 N–H and O–H groups in total. The molecule has 5 nitrogen and oxygen atoms in total. The highest BCUT2D eigenvalue weighted by atomic mass is 32.2. The third-order valence-corrected chi connectivity index (χ3v) is 2.87. The molecule has 15 heavy (non-hydrogen) atoms. The molecule has 0 bridgehead atoms. The molecule has 0 spiro atoms. The van der Waals surface area contributed by atoms with E-state index in [9.17, 15) is 13.2 Å². The first-order valence-electron chi connectivity index (χ1n) is 4.35. The summed E-state index contributed by atoms with van der Waals surface area (Å²) >= 11 is 4.71. The molecule has 0 rings (SSSR count). The van der Waals surface area contributed by atoms with E-state index in [0.717, 1.165) is 6.26 Å². The average molecular weight is 252 g/mol. The highest BCUT2D eigenvalue weighted by Gasteiger charge is 2.19. The van der Waals surface area contributed by atoms with Crippen molar-refractivity contribution in [3.8, 4) is 0 Å². The maximum Gasteiger partial charge on any atom is 0.237 e. The third kappa shape index (κ3) is 6.40. The zero-order chi connectivity index (χ0) is 12.2. The Hall–Kier alpha value is -0.690. The molecule has 1 unspecified atom stereocenters. The first-order valence-corrected chi connectivity index (χ1v) is 6.82. The van der Waals surface area contributed by atoms with Gasteiger partial charge in [-0.3, -0.25) is 4.79 Å². The number of hydrogen-bond donors (Lipinski definition) is 1. The minimum Gasteiger partial charge on any atom is -0.393 e. The smallest absolute Gasteiger partial charge is 0.237 e. The van der Waals surface area contributed by atoms with Crippen LogP contribution in [0.3, 0.4) is 0 Å². The van der Waals surface area contributed by atoms with E-state index in [1.54, 1.807) is 6.92 Å². The lowest BCUT2D eigenvalue weighted by molar-refractivity contribution is -0.128. The Labute approximate surface area is 95.5 Å². The third-order valence-electron chi connectivity index (χ3n) is 1.94. The average Bonchev–Trinajstić information content (AvgIpc) is 1.98. The molecule has 0 aliphatic rings. The molecule has 0 fully saturated rings. The van der Waals surface area contributed by atoms with Crippen LogP contribution in [0.1, 0.15) is 13.3 Å². The van der Waals surface area contributed by atoms with E-state index in [1.807, 2.05) is 0 Å². The highest BCUT2D eigenvalue weighted by molar-refractivity contribution is 7.91. The molecule has 0 heterocycles. The van der Waals surface area contributed by atoms with Crippen molar-refractivity contribution in [2.75, 3.05) is 19.1 Å². The van der Waals surface area contributed by atoms with E-state index in [1.165, 1.54) is 11.9 Å². The van der Waals surface area contributed by atoms with Gasteiger partial charge in [-0.2, -0.15) is 0 Å². The number of amides is 1. The lowest BCUT2D eigenvalue weighted by Gasteiger charge is -2.24. The zero-order valence-corrected chi connectivity index (χ0v) is 10.7. The van der Waals surface area contributed by atoms with Crippen LogP contribution in [0.15, 0.2) is 0 Å². The second kappa shape index (κ2) is 5.41. The summed E-state index contributed by atoms with van der Waals surface area (Å²) in [6, 6.07) is -0.184. The van der Waals surface area contributed by atoms with Crippen LogP contribution >= 0.6 is 12.2 Å². The first kappa shape index (κ1) is 14.3. The van der Waals surface area contributed by atoms with Crippen LogP contribution < -0.4 is 5.73 Å². The van der Waals surface area contributed by atoms with Crippen LogP contribution in [0, 0.1) is 0 Å². The molecule has 0 radical (unpaired) electrons. The van der Waals surface area contributed by atoms with E-state index >= 15 is 0 Å². The van der Waals surface area contributed by atoms with Gasteiger partial charge in [-0.1, -0.05) is 12.2 Å². The standard InChI is InChI=1S/C8H16N2O3S2/c1-6(4-7(9)14)10(2)8(11)5-15(3,12)13/h6H,4-5H2,1-3H3,(H2,9,14). The van der Waals surface area contributed by atoms with Crippen molar-refractivity contribution in [1.29, 1.82) is 0 Å². The quantitative estimate of drug-likeness (QED) is 0.671. The number of rotatable bonds is 5. The summed E-state index contributed by atoms with van der Waals surface area (Å²) in [6.07, 6.45) is 1.41. The molecule has 0 saturated heterocycles. The molecule has 0 aliphatic carbocycles. The maximum atomic E-state index is 11.4. The van der Waals surface area contributed by atoms with Crippen LogP contribution in [0.5, 0.6) is 0 Å². The summed E-state index contributed by atoms with van der Waals surface area (Å²) in [5.74, 6) is -0.924.